The fourth-order valence-corrected chi connectivity index (χ4v) is 5.62. The Kier molecular flexibility index (Phi) is 6.96. The molecule has 7 heteroatoms. The van der Waals surface area contributed by atoms with E-state index >= 15 is 4.39 Å². The van der Waals surface area contributed by atoms with Gasteiger partial charge in [0.2, 0.25) is 5.75 Å². The van der Waals surface area contributed by atoms with Gasteiger partial charge < -0.3 is 4.74 Å². The van der Waals surface area contributed by atoms with Crippen molar-refractivity contribution in [2.45, 2.75) is 82.9 Å². The molecule has 1 nitrogen and oxygen atoms in total. The van der Waals surface area contributed by atoms with Gasteiger partial charge in [0.25, 0.3) is 0 Å². The lowest BCUT2D eigenvalue weighted by Gasteiger charge is -2.30. The number of hydrogen-bond acceptors (Lipinski definition) is 1. The molecule has 0 heterocycles. The van der Waals surface area contributed by atoms with Crippen LogP contribution in [0.3, 0.4) is 0 Å². The summed E-state index contributed by atoms with van der Waals surface area (Å²) >= 11 is 0. The van der Waals surface area contributed by atoms with Crippen LogP contribution in [0, 0.1) is 23.4 Å². The lowest BCUT2D eigenvalue weighted by molar-refractivity contribution is -0.276. The van der Waals surface area contributed by atoms with E-state index in [0.29, 0.717) is 17.9 Å². The number of fused-ring (bicyclic) bond motifs is 1. The molecule has 0 saturated heterocycles. The van der Waals surface area contributed by atoms with E-state index in [9.17, 15) is 22.0 Å². The third kappa shape index (κ3) is 5.33. The Hall–Kier alpha value is -2.18. The summed E-state index contributed by atoms with van der Waals surface area (Å²) in [5.41, 5.74) is 1.75. The second kappa shape index (κ2) is 9.59. The first-order valence-corrected chi connectivity index (χ1v) is 11.7. The molecular weight excluding hydrogens is 442 g/mol. The highest BCUT2D eigenvalue weighted by atomic mass is 19.4. The molecule has 0 amide bonds. The largest absolute Gasteiger partial charge is 0.573 e. The third-order valence-corrected chi connectivity index (χ3v) is 7.28. The second-order valence-electron chi connectivity index (χ2n) is 9.41. The molecule has 4 rings (SSSR count). The first-order valence-electron chi connectivity index (χ1n) is 11.7. The zero-order chi connectivity index (χ0) is 23.8. The predicted octanol–water partition coefficient (Wildman–Crippen LogP) is 8.35. The lowest BCUT2D eigenvalue weighted by Crippen LogP contribution is -2.21. The van der Waals surface area contributed by atoms with Crippen LogP contribution < -0.4 is 4.74 Å². The number of halogens is 6. The Morgan fingerprint density at radius 2 is 1.64 bits per heavy atom. The van der Waals surface area contributed by atoms with Crippen molar-refractivity contribution in [1.29, 1.82) is 0 Å². The highest BCUT2D eigenvalue weighted by Gasteiger charge is 2.36. The molecule has 0 aromatic heterocycles. The molecule has 2 aliphatic carbocycles. The lowest BCUT2D eigenvalue weighted by atomic mass is 9.76. The first kappa shape index (κ1) is 24.0. The van der Waals surface area contributed by atoms with E-state index in [-0.39, 0.29) is 35.7 Å². The molecule has 180 valence electrons. The quantitative estimate of drug-likeness (QED) is 0.399. The fourth-order valence-electron chi connectivity index (χ4n) is 5.62. The zero-order valence-electron chi connectivity index (χ0n) is 18.6. The molecule has 0 aliphatic heterocycles. The van der Waals surface area contributed by atoms with Crippen molar-refractivity contribution in [2.24, 2.45) is 5.92 Å². The van der Waals surface area contributed by atoms with Gasteiger partial charge in [-0.3, -0.25) is 0 Å². The first-order chi connectivity index (χ1) is 15.7. The van der Waals surface area contributed by atoms with Gasteiger partial charge >= 0.3 is 6.36 Å². The molecule has 0 bridgehead atoms. The number of hydrogen-bond donors (Lipinski definition) is 0. The van der Waals surface area contributed by atoms with Crippen molar-refractivity contribution in [3.05, 3.63) is 64.0 Å². The summed E-state index contributed by atoms with van der Waals surface area (Å²) in [4.78, 5) is 0. The van der Waals surface area contributed by atoms with Crippen molar-refractivity contribution < 1.29 is 31.1 Å². The summed E-state index contributed by atoms with van der Waals surface area (Å²) in [5.74, 6) is -3.66. The Morgan fingerprint density at radius 3 is 2.27 bits per heavy atom. The number of alkyl halides is 3. The Labute approximate surface area is 190 Å². The topological polar surface area (TPSA) is 9.23 Å². The molecule has 33 heavy (non-hydrogen) atoms. The Morgan fingerprint density at radius 1 is 0.909 bits per heavy atom. The average Bonchev–Trinajstić information content (AvgIpc) is 2.76. The van der Waals surface area contributed by atoms with Gasteiger partial charge in [0.1, 0.15) is 5.82 Å². The van der Waals surface area contributed by atoms with Crippen molar-refractivity contribution in [3.8, 4) is 5.75 Å². The molecule has 1 saturated carbocycles. The van der Waals surface area contributed by atoms with Gasteiger partial charge in [0, 0.05) is 0 Å². The van der Waals surface area contributed by atoms with Crippen LogP contribution in [-0.4, -0.2) is 6.36 Å². The van der Waals surface area contributed by atoms with E-state index in [4.69, 9.17) is 0 Å². The summed E-state index contributed by atoms with van der Waals surface area (Å²) in [5, 5.41) is 0. The Balaban J connectivity index is 1.50. The van der Waals surface area contributed by atoms with E-state index in [1.54, 1.807) is 12.1 Å². The molecule has 0 radical (unpaired) electrons. The third-order valence-electron chi connectivity index (χ3n) is 7.28. The predicted molar refractivity (Wildman–Crippen MR) is 114 cm³/mol. The van der Waals surface area contributed by atoms with Gasteiger partial charge in [-0.05, 0) is 97.1 Å². The highest BCUT2D eigenvalue weighted by Crippen LogP contribution is 2.42. The smallest absolute Gasteiger partial charge is 0.399 e. The van der Waals surface area contributed by atoms with Gasteiger partial charge in [-0.15, -0.1) is 13.2 Å². The maximum Gasteiger partial charge on any atom is 0.573 e. The minimum absolute atomic E-state index is 0.00719. The van der Waals surface area contributed by atoms with Gasteiger partial charge in [0.05, 0.1) is 0 Å². The van der Waals surface area contributed by atoms with Crippen LogP contribution in [0.15, 0.2) is 24.3 Å². The van der Waals surface area contributed by atoms with Crippen molar-refractivity contribution in [1.82, 2.24) is 0 Å². The SMILES string of the molecule is CCCC1CCC(c2ccc(C3CCc4c(cc(F)c(OC(F)(F)F)c4F)C3)c(F)c2)CC1. The van der Waals surface area contributed by atoms with Crippen molar-refractivity contribution in [3.63, 3.8) is 0 Å². The number of benzene rings is 2. The maximum absolute atomic E-state index is 15.1. The minimum atomic E-state index is -5.19. The van der Waals surface area contributed by atoms with Crippen LogP contribution in [0.4, 0.5) is 26.3 Å². The molecule has 1 unspecified atom stereocenters. The molecule has 2 aromatic rings. The van der Waals surface area contributed by atoms with Crippen LogP contribution in [0.25, 0.3) is 0 Å². The van der Waals surface area contributed by atoms with Crippen LogP contribution in [0.1, 0.15) is 86.0 Å². The molecule has 2 aliphatic rings. The second-order valence-corrected chi connectivity index (χ2v) is 9.41. The van der Waals surface area contributed by atoms with Crippen LogP contribution in [0.5, 0.6) is 5.75 Å². The van der Waals surface area contributed by atoms with Gasteiger partial charge in [-0.2, -0.15) is 0 Å². The monoisotopic (exact) mass is 470 g/mol. The van der Waals surface area contributed by atoms with Crippen LogP contribution in [-0.2, 0) is 12.8 Å². The van der Waals surface area contributed by atoms with E-state index < -0.39 is 23.7 Å². The molecule has 0 spiro atoms. The van der Waals surface area contributed by atoms with Crippen LogP contribution >= 0.6 is 0 Å². The fraction of sp³-hybridized carbons (Fsp3) is 0.538. The van der Waals surface area contributed by atoms with Gasteiger partial charge in [-0.1, -0.05) is 31.9 Å². The Bertz CT molecular complexity index is 991. The van der Waals surface area contributed by atoms with Crippen molar-refractivity contribution >= 4 is 0 Å². The zero-order valence-corrected chi connectivity index (χ0v) is 18.6. The van der Waals surface area contributed by atoms with Gasteiger partial charge in [0.15, 0.2) is 11.6 Å². The molecule has 2 aromatic carbocycles. The molecule has 0 N–H and O–H groups in total. The number of rotatable bonds is 5. The van der Waals surface area contributed by atoms with E-state index in [0.717, 1.165) is 30.4 Å². The molecule has 1 atom stereocenters. The van der Waals surface area contributed by atoms with E-state index in [2.05, 4.69) is 11.7 Å². The van der Waals surface area contributed by atoms with Crippen LogP contribution in [0.2, 0.25) is 0 Å². The molecular formula is C26H28F6O. The van der Waals surface area contributed by atoms with E-state index in [1.165, 1.54) is 25.7 Å². The minimum Gasteiger partial charge on any atom is -0.399 e. The summed E-state index contributed by atoms with van der Waals surface area (Å²) in [7, 11) is 0. The standard InChI is InChI=1S/C26H28F6O/c1-2-3-15-4-6-16(7-5-15)17-8-10-20(22(27)13-17)18-9-11-21-19(12-18)14-23(28)25(24(21)29)33-26(30,31)32/h8,10,13-16,18H,2-7,9,11-12H2,1H3. The number of ether oxygens (including phenoxy) is 1. The molecule has 1 fully saturated rings. The maximum atomic E-state index is 15.1. The summed E-state index contributed by atoms with van der Waals surface area (Å²) in [6.45, 7) is 2.20. The highest BCUT2D eigenvalue weighted by molar-refractivity contribution is 5.43. The average molecular weight is 470 g/mol. The summed E-state index contributed by atoms with van der Waals surface area (Å²) in [6.07, 6.45) is 2.30. The van der Waals surface area contributed by atoms with E-state index in [1.807, 2.05) is 6.07 Å². The normalized spacial score (nSPS) is 23.3. The summed E-state index contributed by atoms with van der Waals surface area (Å²) < 4.78 is 84.8. The summed E-state index contributed by atoms with van der Waals surface area (Å²) in [6, 6.07) is 6.20. The van der Waals surface area contributed by atoms with Crippen molar-refractivity contribution in [2.75, 3.05) is 0 Å². The van der Waals surface area contributed by atoms with Gasteiger partial charge in [-0.25, -0.2) is 13.2 Å².